The van der Waals surface area contributed by atoms with E-state index in [0.717, 1.165) is 11.3 Å². The molecule has 2 aromatic rings. The van der Waals surface area contributed by atoms with Gasteiger partial charge in [-0.3, -0.25) is 4.79 Å². The van der Waals surface area contributed by atoms with E-state index in [2.05, 4.69) is 29.4 Å². The second-order valence-electron chi connectivity index (χ2n) is 6.97. The van der Waals surface area contributed by atoms with Crippen molar-refractivity contribution in [1.82, 2.24) is 4.90 Å². The molecule has 0 aromatic heterocycles. The Kier molecular flexibility index (Phi) is 5.62. The van der Waals surface area contributed by atoms with E-state index in [1.807, 2.05) is 18.2 Å². The van der Waals surface area contributed by atoms with Gasteiger partial charge in [-0.1, -0.05) is 18.2 Å². The number of rotatable bonds is 4. The topological polar surface area (TPSA) is 57.2 Å². The van der Waals surface area contributed by atoms with Crippen LogP contribution in [-0.4, -0.2) is 48.4 Å². The monoisotopic (exact) mass is 446 g/mol. The van der Waals surface area contributed by atoms with Gasteiger partial charge in [-0.2, -0.15) is 0 Å². The first-order valence-electron chi connectivity index (χ1n) is 9.27. The average Bonchev–Trinajstić information content (AvgIpc) is 2.71. The van der Waals surface area contributed by atoms with Crippen molar-refractivity contribution in [3.8, 4) is 5.75 Å². The van der Waals surface area contributed by atoms with Crippen LogP contribution in [0.15, 0.2) is 54.0 Å². The van der Waals surface area contributed by atoms with Crippen LogP contribution in [0.1, 0.15) is 5.56 Å². The fourth-order valence-corrected chi connectivity index (χ4v) is 4.17. The summed E-state index contributed by atoms with van der Waals surface area (Å²) in [5.41, 5.74) is 1.86. The predicted molar refractivity (Wildman–Crippen MR) is 120 cm³/mol. The summed E-state index contributed by atoms with van der Waals surface area (Å²) in [4.78, 5) is 20.3. The average molecular weight is 447 g/mol. The molecule has 6 nitrogen and oxygen atoms in total. The van der Waals surface area contributed by atoms with Gasteiger partial charge >= 0.3 is 0 Å². The van der Waals surface area contributed by atoms with Gasteiger partial charge in [0.1, 0.15) is 17.4 Å². The maximum Gasteiger partial charge on any atom is 0.246 e. The molecule has 0 spiro atoms. The molecule has 1 amide bonds. The van der Waals surface area contributed by atoms with Crippen molar-refractivity contribution in [3.05, 3.63) is 65.5 Å². The third-order valence-corrected chi connectivity index (χ3v) is 5.81. The molecular formula is C21H20ClFN4O2S. The molecule has 0 aliphatic carbocycles. The SMILES string of the molecule is C=CC(=O)N1CC(N2c3cc(OC)ccc3C(Nc3ccc(F)c(Cl)c3)=NC2S)C1. The maximum atomic E-state index is 13.5. The summed E-state index contributed by atoms with van der Waals surface area (Å²) in [6.07, 6.45) is 1.32. The molecule has 0 radical (unpaired) electrons. The maximum absolute atomic E-state index is 13.5. The number of halogens is 2. The summed E-state index contributed by atoms with van der Waals surface area (Å²) >= 11 is 10.6. The Balaban J connectivity index is 1.66. The van der Waals surface area contributed by atoms with Crippen molar-refractivity contribution in [2.24, 2.45) is 4.99 Å². The number of nitrogens with one attached hydrogen (secondary N) is 1. The lowest BCUT2D eigenvalue weighted by Crippen LogP contribution is -2.63. The summed E-state index contributed by atoms with van der Waals surface area (Å²) in [5, 5.41) is 3.23. The number of carbonyl (C=O) groups is 1. The molecule has 156 valence electrons. The lowest BCUT2D eigenvalue weighted by molar-refractivity contribution is -0.130. The summed E-state index contributed by atoms with van der Waals surface area (Å²) in [6.45, 7) is 4.66. The van der Waals surface area contributed by atoms with Crippen molar-refractivity contribution in [2.45, 2.75) is 11.5 Å². The zero-order valence-corrected chi connectivity index (χ0v) is 17.8. The molecule has 2 aliphatic heterocycles. The van der Waals surface area contributed by atoms with Crippen molar-refractivity contribution in [1.29, 1.82) is 0 Å². The molecule has 1 atom stereocenters. The number of amidine groups is 1. The minimum absolute atomic E-state index is 0.0249. The minimum Gasteiger partial charge on any atom is -0.497 e. The number of anilines is 2. The van der Waals surface area contributed by atoms with Crippen molar-refractivity contribution < 1.29 is 13.9 Å². The number of benzene rings is 2. The molecule has 2 aliphatic rings. The van der Waals surface area contributed by atoms with Gasteiger partial charge in [-0.15, -0.1) is 12.6 Å². The van der Waals surface area contributed by atoms with Crippen LogP contribution in [0.3, 0.4) is 0 Å². The van der Waals surface area contributed by atoms with E-state index in [4.69, 9.17) is 21.3 Å². The zero-order chi connectivity index (χ0) is 21.4. The van der Waals surface area contributed by atoms with Gasteiger partial charge in [-0.05, 0) is 36.4 Å². The zero-order valence-electron chi connectivity index (χ0n) is 16.2. The number of carbonyl (C=O) groups excluding carboxylic acids is 1. The van der Waals surface area contributed by atoms with Gasteiger partial charge < -0.3 is 19.9 Å². The normalized spacial score (nSPS) is 18.3. The number of nitrogens with zero attached hydrogens (tertiary/aromatic N) is 3. The fourth-order valence-electron chi connectivity index (χ4n) is 3.56. The number of hydrogen-bond donors (Lipinski definition) is 2. The Bertz CT molecular complexity index is 1040. The first kappa shape index (κ1) is 20.6. The van der Waals surface area contributed by atoms with E-state index in [9.17, 15) is 9.18 Å². The Morgan fingerprint density at radius 3 is 2.80 bits per heavy atom. The summed E-state index contributed by atoms with van der Waals surface area (Å²) < 4.78 is 18.9. The fraction of sp³-hybridized carbons (Fsp3) is 0.238. The summed E-state index contributed by atoms with van der Waals surface area (Å²) in [6, 6.07) is 10.1. The molecule has 1 saturated heterocycles. The molecule has 0 bridgehead atoms. The lowest BCUT2D eigenvalue weighted by atomic mass is 10.0. The lowest BCUT2D eigenvalue weighted by Gasteiger charge is -2.48. The van der Waals surface area contributed by atoms with Crippen LogP contribution in [0.5, 0.6) is 5.75 Å². The number of fused-ring (bicyclic) bond motifs is 1. The largest absolute Gasteiger partial charge is 0.497 e. The number of ether oxygens (including phenoxy) is 1. The van der Waals surface area contributed by atoms with Crippen LogP contribution >= 0.6 is 24.2 Å². The third-order valence-electron chi connectivity index (χ3n) is 5.16. The highest BCUT2D eigenvalue weighted by Crippen LogP contribution is 2.37. The van der Waals surface area contributed by atoms with E-state index in [-0.39, 0.29) is 17.0 Å². The highest BCUT2D eigenvalue weighted by molar-refractivity contribution is 7.81. The van der Waals surface area contributed by atoms with E-state index >= 15 is 0 Å². The first-order valence-corrected chi connectivity index (χ1v) is 10.2. The Morgan fingerprint density at radius 1 is 1.37 bits per heavy atom. The van der Waals surface area contributed by atoms with E-state index in [1.54, 1.807) is 18.1 Å². The van der Waals surface area contributed by atoms with Crippen molar-refractivity contribution >= 4 is 47.3 Å². The van der Waals surface area contributed by atoms with Gasteiger partial charge in [0, 0.05) is 30.4 Å². The standard InChI is InChI=1S/C21H20ClFN4O2S/c1-3-19(28)26-10-13(11-26)27-18-9-14(29-2)5-6-15(18)20(25-21(27)30)24-12-4-7-17(23)16(22)8-12/h3-9,13,21,30H,1,10-11H2,2H3,(H,24,25). The Hall–Kier alpha value is -2.71. The molecular weight excluding hydrogens is 427 g/mol. The smallest absolute Gasteiger partial charge is 0.246 e. The van der Waals surface area contributed by atoms with Gasteiger partial charge in [-0.25, -0.2) is 9.38 Å². The highest BCUT2D eigenvalue weighted by atomic mass is 35.5. The van der Waals surface area contributed by atoms with Crippen molar-refractivity contribution in [2.75, 3.05) is 30.4 Å². The molecule has 2 heterocycles. The van der Waals surface area contributed by atoms with Crippen LogP contribution in [-0.2, 0) is 4.79 Å². The van der Waals surface area contributed by atoms with E-state index in [0.29, 0.717) is 30.4 Å². The molecule has 1 fully saturated rings. The van der Waals surface area contributed by atoms with Gasteiger partial charge in [0.15, 0.2) is 5.50 Å². The Labute approximate surface area is 184 Å². The summed E-state index contributed by atoms with van der Waals surface area (Å²) in [5.74, 6) is 0.706. The van der Waals surface area contributed by atoms with Gasteiger partial charge in [0.05, 0.1) is 23.9 Å². The number of aliphatic imine (C=N–C) groups is 1. The van der Waals surface area contributed by atoms with E-state index < -0.39 is 11.3 Å². The number of likely N-dealkylation sites (tertiary alicyclic amines) is 1. The highest BCUT2D eigenvalue weighted by Gasteiger charge is 2.39. The van der Waals surface area contributed by atoms with Crippen LogP contribution in [0.2, 0.25) is 5.02 Å². The molecule has 1 N–H and O–H groups in total. The van der Waals surface area contributed by atoms with Crippen molar-refractivity contribution in [3.63, 3.8) is 0 Å². The predicted octanol–water partition coefficient (Wildman–Crippen LogP) is 3.78. The van der Waals surface area contributed by atoms with E-state index in [1.165, 1.54) is 18.2 Å². The molecule has 1 unspecified atom stereocenters. The van der Waals surface area contributed by atoms with Crippen LogP contribution in [0.4, 0.5) is 15.8 Å². The number of amides is 1. The number of thiol groups is 1. The molecule has 4 rings (SSSR count). The third kappa shape index (κ3) is 3.73. The number of hydrogen-bond acceptors (Lipinski definition) is 6. The molecule has 0 saturated carbocycles. The van der Waals surface area contributed by atoms with Gasteiger partial charge in [0.2, 0.25) is 5.91 Å². The Morgan fingerprint density at radius 2 is 2.13 bits per heavy atom. The van der Waals surface area contributed by atoms with Gasteiger partial charge in [0.25, 0.3) is 0 Å². The quantitative estimate of drug-likeness (QED) is 0.554. The second kappa shape index (κ2) is 8.20. The van der Waals surface area contributed by atoms with Crippen LogP contribution in [0.25, 0.3) is 0 Å². The summed E-state index contributed by atoms with van der Waals surface area (Å²) in [7, 11) is 1.61. The second-order valence-corrected chi connectivity index (χ2v) is 7.84. The van der Waals surface area contributed by atoms with Crippen LogP contribution in [0, 0.1) is 5.82 Å². The molecule has 9 heteroatoms. The van der Waals surface area contributed by atoms with Crippen LogP contribution < -0.4 is 15.0 Å². The minimum atomic E-state index is -0.486. The molecule has 2 aromatic carbocycles. The first-order chi connectivity index (χ1) is 14.4. The molecule has 30 heavy (non-hydrogen) atoms. The number of methoxy groups -OCH3 is 1.